The van der Waals surface area contributed by atoms with Crippen molar-refractivity contribution in [1.29, 1.82) is 0 Å². The van der Waals surface area contributed by atoms with Gasteiger partial charge in [-0.1, -0.05) is 12.6 Å². The number of carbonyl (C=O) groups excluding carboxylic acids is 3. The van der Waals surface area contributed by atoms with Crippen LogP contribution in [0.3, 0.4) is 0 Å². The summed E-state index contributed by atoms with van der Waals surface area (Å²) in [4.78, 5) is 50.3. The molecule has 3 saturated heterocycles. The van der Waals surface area contributed by atoms with Gasteiger partial charge in [-0.2, -0.15) is 0 Å². The van der Waals surface area contributed by atoms with Gasteiger partial charge in [0.2, 0.25) is 5.91 Å². The summed E-state index contributed by atoms with van der Waals surface area (Å²) in [7, 11) is 0. The molecule has 1 aromatic carbocycles. The molecule has 5 aliphatic rings. The van der Waals surface area contributed by atoms with E-state index < -0.39 is 11.6 Å². The van der Waals surface area contributed by atoms with Crippen LogP contribution < -0.4 is 16.0 Å². The molecule has 202 valence electrons. The molecule has 0 aliphatic carbocycles. The molecule has 5 heterocycles. The number of nitrogens with one attached hydrogen (secondary N) is 3. The summed E-state index contributed by atoms with van der Waals surface area (Å²) in [5.41, 5.74) is 5.15. The fourth-order valence-corrected chi connectivity index (χ4v) is 6.65. The van der Waals surface area contributed by atoms with E-state index in [1.807, 2.05) is 11.1 Å². The van der Waals surface area contributed by atoms with E-state index in [2.05, 4.69) is 45.4 Å². The Labute approximate surface area is 223 Å². The molecule has 38 heavy (non-hydrogen) atoms. The Morgan fingerprint density at radius 1 is 1.16 bits per heavy atom. The molecular weight excluding hydrogens is 482 g/mol. The van der Waals surface area contributed by atoms with Crippen molar-refractivity contribution in [2.75, 3.05) is 39.3 Å². The molecule has 1 aromatic rings. The highest BCUT2D eigenvalue weighted by atomic mass is 16.2. The molecule has 6 rings (SSSR count). The van der Waals surface area contributed by atoms with E-state index in [0.717, 1.165) is 36.3 Å². The number of aryl methyl sites for hydroxylation is 1. The fourth-order valence-electron chi connectivity index (χ4n) is 6.65. The molecule has 3 N–H and O–H groups in total. The lowest BCUT2D eigenvalue weighted by Gasteiger charge is -2.38. The zero-order valence-electron chi connectivity index (χ0n) is 22.1. The number of piperidine rings is 1. The number of likely N-dealkylation sites (tertiary alicyclic amines) is 2. The van der Waals surface area contributed by atoms with E-state index in [0.29, 0.717) is 57.8 Å². The number of rotatable bonds is 4. The Balaban J connectivity index is 1.20. The molecule has 3 fully saturated rings. The summed E-state index contributed by atoms with van der Waals surface area (Å²) >= 11 is 0. The van der Waals surface area contributed by atoms with Gasteiger partial charge < -0.3 is 30.7 Å². The molecule has 10 heteroatoms. The Morgan fingerprint density at radius 3 is 2.63 bits per heavy atom. The van der Waals surface area contributed by atoms with E-state index in [1.54, 1.807) is 4.90 Å². The third-order valence-electron chi connectivity index (χ3n) is 8.93. The second-order valence-electron chi connectivity index (χ2n) is 11.3. The highest BCUT2D eigenvalue weighted by Crippen LogP contribution is 2.31. The Morgan fingerprint density at radius 2 is 1.92 bits per heavy atom. The topological polar surface area (TPSA) is 109 Å². The van der Waals surface area contributed by atoms with Gasteiger partial charge in [0, 0.05) is 50.9 Å². The molecule has 5 aliphatic heterocycles. The first-order valence-electron chi connectivity index (χ1n) is 13.8. The van der Waals surface area contributed by atoms with Crippen molar-refractivity contribution in [3.05, 3.63) is 46.3 Å². The molecule has 10 nitrogen and oxygen atoms in total. The van der Waals surface area contributed by atoms with E-state index in [1.165, 1.54) is 24.0 Å². The third-order valence-corrected chi connectivity index (χ3v) is 8.93. The van der Waals surface area contributed by atoms with Crippen LogP contribution >= 0.6 is 0 Å². The van der Waals surface area contributed by atoms with Gasteiger partial charge in [0.05, 0.1) is 12.4 Å². The number of fused-ring (bicyclic) bond motifs is 3. The first kappa shape index (κ1) is 24.9. The van der Waals surface area contributed by atoms with Gasteiger partial charge >= 0.3 is 6.03 Å². The van der Waals surface area contributed by atoms with Crippen LogP contribution in [-0.2, 0) is 29.1 Å². The second kappa shape index (κ2) is 9.72. The van der Waals surface area contributed by atoms with Crippen LogP contribution in [0.4, 0.5) is 4.79 Å². The monoisotopic (exact) mass is 519 g/mol. The molecular formula is C28H37N7O3. The number of carbonyl (C=O) groups is 3. The molecule has 4 amide bonds. The van der Waals surface area contributed by atoms with E-state index in [9.17, 15) is 14.4 Å². The van der Waals surface area contributed by atoms with Crippen LogP contribution in [0.1, 0.15) is 53.5 Å². The van der Waals surface area contributed by atoms with Crippen molar-refractivity contribution in [3.63, 3.8) is 0 Å². The van der Waals surface area contributed by atoms with Crippen LogP contribution in [0.2, 0.25) is 0 Å². The van der Waals surface area contributed by atoms with Gasteiger partial charge in [-0.15, -0.1) is 0 Å². The number of benzene rings is 1. The van der Waals surface area contributed by atoms with Gasteiger partial charge in [0.25, 0.3) is 5.91 Å². The average molecular weight is 520 g/mol. The van der Waals surface area contributed by atoms with Crippen LogP contribution in [-0.4, -0.2) is 89.6 Å². The minimum absolute atomic E-state index is 0.0308. The number of amides is 4. The average Bonchev–Trinajstić information content (AvgIpc) is 3.63. The maximum atomic E-state index is 13.9. The van der Waals surface area contributed by atoms with Crippen molar-refractivity contribution < 1.29 is 14.4 Å². The Bertz CT molecular complexity index is 1210. The number of hydrogen-bond donors (Lipinski definition) is 3. The number of nitrogens with zero attached hydrogens (tertiary/aromatic N) is 4. The molecule has 0 aromatic heterocycles. The SMILES string of the molecule is C=C1NC(=O)C2(CCN(C(=O)NC3Cc4cc(C)c5c(c4CN(CCN4CCCC4)C3=O)C=NC5)CC2)N1. The predicted octanol–water partition coefficient (Wildman–Crippen LogP) is 1.01. The van der Waals surface area contributed by atoms with Crippen LogP contribution in [0.25, 0.3) is 0 Å². The lowest BCUT2D eigenvalue weighted by Crippen LogP contribution is -2.59. The normalized spacial score (nSPS) is 24.3. The summed E-state index contributed by atoms with van der Waals surface area (Å²) < 4.78 is 0. The van der Waals surface area contributed by atoms with Gasteiger partial charge in [-0.25, -0.2) is 4.79 Å². The number of aliphatic imine (C=N–C) groups is 1. The first-order chi connectivity index (χ1) is 18.3. The van der Waals surface area contributed by atoms with Crippen LogP contribution in [0.15, 0.2) is 23.5 Å². The largest absolute Gasteiger partial charge is 0.358 e. The fraction of sp³-hybridized carbons (Fsp3) is 0.571. The summed E-state index contributed by atoms with van der Waals surface area (Å²) in [6, 6.07) is 1.29. The van der Waals surface area contributed by atoms with E-state index >= 15 is 0 Å². The van der Waals surface area contributed by atoms with Crippen molar-refractivity contribution >= 4 is 24.1 Å². The predicted molar refractivity (Wildman–Crippen MR) is 144 cm³/mol. The Kier molecular flexibility index (Phi) is 6.37. The Hall–Kier alpha value is -3.40. The van der Waals surface area contributed by atoms with Crippen LogP contribution in [0.5, 0.6) is 0 Å². The summed E-state index contributed by atoms with van der Waals surface area (Å²) in [5.74, 6) is 0.395. The molecule has 0 saturated carbocycles. The van der Waals surface area contributed by atoms with Crippen molar-refractivity contribution in [2.45, 2.75) is 63.7 Å². The quantitative estimate of drug-likeness (QED) is 0.550. The summed E-state index contributed by atoms with van der Waals surface area (Å²) in [6.07, 6.45) is 5.83. The maximum Gasteiger partial charge on any atom is 0.318 e. The molecule has 0 bridgehead atoms. The van der Waals surface area contributed by atoms with Gasteiger partial charge in [-0.05, 0) is 68.0 Å². The summed E-state index contributed by atoms with van der Waals surface area (Å²) in [5, 5.41) is 8.98. The highest BCUT2D eigenvalue weighted by molar-refractivity contribution is 5.92. The van der Waals surface area contributed by atoms with Gasteiger partial charge in [0.15, 0.2) is 0 Å². The van der Waals surface area contributed by atoms with Gasteiger partial charge in [0.1, 0.15) is 11.6 Å². The zero-order valence-corrected chi connectivity index (χ0v) is 22.1. The van der Waals surface area contributed by atoms with E-state index in [-0.39, 0.29) is 17.8 Å². The molecule has 1 spiro atoms. The van der Waals surface area contributed by atoms with Crippen molar-refractivity contribution in [1.82, 2.24) is 30.7 Å². The summed E-state index contributed by atoms with van der Waals surface area (Å²) in [6.45, 7) is 11.6. The van der Waals surface area contributed by atoms with Crippen molar-refractivity contribution in [3.8, 4) is 0 Å². The maximum absolute atomic E-state index is 13.9. The first-order valence-corrected chi connectivity index (χ1v) is 13.8. The van der Waals surface area contributed by atoms with E-state index in [4.69, 9.17) is 0 Å². The lowest BCUT2D eigenvalue weighted by atomic mass is 9.88. The number of hydrogen-bond acceptors (Lipinski definition) is 6. The van der Waals surface area contributed by atoms with Crippen LogP contribution in [0, 0.1) is 6.92 Å². The smallest absolute Gasteiger partial charge is 0.318 e. The third kappa shape index (κ3) is 4.44. The van der Waals surface area contributed by atoms with Crippen molar-refractivity contribution in [2.24, 2.45) is 4.99 Å². The zero-order chi connectivity index (χ0) is 26.4. The molecule has 1 atom stereocenters. The minimum atomic E-state index is -0.698. The number of urea groups is 1. The highest BCUT2D eigenvalue weighted by Gasteiger charge is 2.47. The molecule has 1 unspecified atom stereocenters. The lowest BCUT2D eigenvalue weighted by molar-refractivity contribution is -0.133. The standard InChI is InChI=1S/C28H37N7O3/c1-18-13-20-14-24(31-27(38)34-9-5-28(6-10-34)26(37)30-19(2)32-28)25(36)35(12-11-33-7-3-4-8-33)17-23(20)22-16-29-15-21(18)22/h13,16,24,32H,2-12,14-15,17H2,1H3,(H,30,37)(H,31,38). The van der Waals surface area contributed by atoms with Gasteiger partial charge in [-0.3, -0.25) is 14.6 Å². The second-order valence-corrected chi connectivity index (χ2v) is 11.3. The minimum Gasteiger partial charge on any atom is -0.358 e. The molecule has 0 radical (unpaired) electrons.